The minimum absolute atomic E-state index is 0.00272. The Hall–Kier alpha value is -3.07. The number of para-hydroxylation sites is 1. The van der Waals surface area contributed by atoms with E-state index in [1.807, 2.05) is 19.1 Å². The number of halogens is 2. The van der Waals surface area contributed by atoms with E-state index in [1.54, 1.807) is 55.5 Å². The minimum atomic E-state index is -4.12. The summed E-state index contributed by atoms with van der Waals surface area (Å²) in [6.07, 6.45) is 4.45. The third-order valence-corrected chi connectivity index (χ3v) is 9.84. The van der Waals surface area contributed by atoms with Gasteiger partial charge in [-0.1, -0.05) is 85.4 Å². The predicted molar refractivity (Wildman–Crippen MR) is 164 cm³/mol. The van der Waals surface area contributed by atoms with Crippen molar-refractivity contribution in [1.29, 1.82) is 0 Å². The molecule has 0 heterocycles. The molecule has 1 N–H and O–H groups in total. The molecule has 1 fully saturated rings. The van der Waals surface area contributed by atoms with Crippen molar-refractivity contribution in [1.82, 2.24) is 10.2 Å². The summed E-state index contributed by atoms with van der Waals surface area (Å²) >= 11 is 12.6. The van der Waals surface area contributed by atoms with Crippen molar-refractivity contribution in [2.45, 2.75) is 69.5 Å². The first-order valence-electron chi connectivity index (χ1n) is 13.8. The predicted octanol–water partition coefficient (Wildman–Crippen LogP) is 6.23. The van der Waals surface area contributed by atoms with Gasteiger partial charge in [-0.25, -0.2) is 8.42 Å². The third kappa shape index (κ3) is 7.42. The zero-order valence-electron chi connectivity index (χ0n) is 23.2. The molecule has 0 unspecified atom stereocenters. The van der Waals surface area contributed by atoms with Crippen LogP contribution in [0.1, 0.15) is 50.7 Å². The number of benzene rings is 3. The van der Waals surface area contributed by atoms with Gasteiger partial charge in [0.2, 0.25) is 11.8 Å². The highest BCUT2D eigenvalue weighted by molar-refractivity contribution is 7.92. The maximum absolute atomic E-state index is 14.1. The van der Waals surface area contributed by atoms with Crippen LogP contribution in [0.15, 0.2) is 77.7 Å². The van der Waals surface area contributed by atoms with Crippen molar-refractivity contribution in [3.63, 3.8) is 0 Å². The third-order valence-electron chi connectivity index (χ3n) is 7.48. The van der Waals surface area contributed by atoms with E-state index in [4.69, 9.17) is 23.2 Å². The van der Waals surface area contributed by atoms with E-state index in [2.05, 4.69) is 5.32 Å². The number of hydrogen-bond donors (Lipinski definition) is 1. The highest BCUT2D eigenvalue weighted by Gasteiger charge is 2.34. The van der Waals surface area contributed by atoms with Crippen molar-refractivity contribution in [3.8, 4) is 0 Å². The number of carbonyl (C=O) groups is 2. The number of amides is 2. The SMILES string of the molecule is CCc1ccccc1N(CC(=O)N(Cc1ccc(Cl)cc1Cl)[C@@H](C)C(=O)NC1CCCC1)S(=O)(=O)c1ccccc1. The van der Waals surface area contributed by atoms with Crippen LogP contribution in [0.3, 0.4) is 0 Å². The lowest BCUT2D eigenvalue weighted by Crippen LogP contribution is -2.52. The molecule has 7 nitrogen and oxygen atoms in total. The number of carbonyl (C=O) groups excluding carboxylic acids is 2. The van der Waals surface area contributed by atoms with Gasteiger partial charge in [0, 0.05) is 22.6 Å². The fourth-order valence-corrected chi connectivity index (χ4v) is 7.04. The van der Waals surface area contributed by atoms with E-state index in [0.717, 1.165) is 35.6 Å². The molecule has 2 amide bonds. The van der Waals surface area contributed by atoms with Gasteiger partial charge in [-0.2, -0.15) is 0 Å². The molecule has 10 heteroatoms. The number of hydrogen-bond acceptors (Lipinski definition) is 4. The second-order valence-electron chi connectivity index (χ2n) is 10.2. The summed E-state index contributed by atoms with van der Waals surface area (Å²) in [4.78, 5) is 29.0. The van der Waals surface area contributed by atoms with Crippen LogP contribution in [0.25, 0.3) is 0 Å². The summed E-state index contributed by atoms with van der Waals surface area (Å²) in [6.45, 7) is 3.09. The first-order valence-corrected chi connectivity index (χ1v) is 16.0. The summed E-state index contributed by atoms with van der Waals surface area (Å²) in [7, 11) is -4.12. The van der Waals surface area contributed by atoms with E-state index < -0.39 is 28.5 Å². The fourth-order valence-electron chi connectivity index (χ4n) is 5.09. The molecule has 0 bridgehead atoms. The molecule has 1 aliphatic rings. The van der Waals surface area contributed by atoms with Crippen LogP contribution in [-0.2, 0) is 32.6 Å². The molecule has 0 saturated heterocycles. The van der Waals surface area contributed by atoms with Crippen molar-refractivity contribution < 1.29 is 18.0 Å². The van der Waals surface area contributed by atoms with E-state index in [-0.39, 0.29) is 23.4 Å². The smallest absolute Gasteiger partial charge is 0.264 e. The van der Waals surface area contributed by atoms with Crippen LogP contribution in [0.5, 0.6) is 0 Å². The van der Waals surface area contributed by atoms with Gasteiger partial charge in [0.05, 0.1) is 10.6 Å². The second kappa shape index (κ2) is 13.7. The minimum Gasteiger partial charge on any atom is -0.352 e. The van der Waals surface area contributed by atoms with Gasteiger partial charge in [-0.3, -0.25) is 13.9 Å². The standard InChI is InChI=1S/C31H35Cl2N3O4S/c1-3-23-11-7-10-16-29(23)36(41(39,40)27-14-5-4-6-15-27)21-30(37)35(20-24-17-18-25(32)19-28(24)33)22(2)31(38)34-26-12-8-9-13-26/h4-7,10-11,14-19,22,26H,3,8-9,12-13,20-21H2,1-2H3,(H,34,38)/t22-/m0/s1. The van der Waals surface area contributed by atoms with Crippen LogP contribution < -0.4 is 9.62 Å². The average Bonchev–Trinajstić information content (AvgIpc) is 3.48. The zero-order chi connectivity index (χ0) is 29.6. The Labute approximate surface area is 252 Å². The number of sulfonamides is 1. The van der Waals surface area contributed by atoms with Crippen molar-refractivity contribution in [3.05, 3.63) is 94.0 Å². The molecule has 1 atom stereocenters. The molecule has 0 radical (unpaired) electrons. The van der Waals surface area contributed by atoms with Crippen molar-refractivity contribution in [2.24, 2.45) is 0 Å². The molecule has 0 spiro atoms. The molecule has 0 aliphatic heterocycles. The molecule has 218 valence electrons. The van der Waals surface area contributed by atoms with Gasteiger partial charge in [0.1, 0.15) is 12.6 Å². The Morgan fingerprint density at radius 3 is 2.27 bits per heavy atom. The lowest BCUT2D eigenvalue weighted by Gasteiger charge is -2.33. The monoisotopic (exact) mass is 615 g/mol. The van der Waals surface area contributed by atoms with Crippen LogP contribution in [0.2, 0.25) is 10.0 Å². The second-order valence-corrected chi connectivity index (χ2v) is 12.9. The maximum Gasteiger partial charge on any atom is 0.264 e. The molecule has 1 aliphatic carbocycles. The molecule has 0 aromatic heterocycles. The zero-order valence-corrected chi connectivity index (χ0v) is 25.6. The van der Waals surface area contributed by atoms with Crippen LogP contribution in [0, 0.1) is 0 Å². The van der Waals surface area contributed by atoms with Gasteiger partial charge in [0.15, 0.2) is 0 Å². The summed E-state index contributed by atoms with van der Waals surface area (Å²) in [5, 5.41) is 3.86. The fraction of sp³-hybridized carbons (Fsp3) is 0.355. The lowest BCUT2D eigenvalue weighted by molar-refractivity contribution is -0.139. The van der Waals surface area contributed by atoms with Crippen LogP contribution >= 0.6 is 23.2 Å². The quantitative estimate of drug-likeness (QED) is 0.277. The number of anilines is 1. The van der Waals surface area contributed by atoms with E-state index in [9.17, 15) is 18.0 Å². The summed E-state index contributed by atoms with van der Waals surface area (Å²) < 4.78 is 29.1. The Morgan fingerprint density at radius 1 is 0.951 bits per heavy atom. The van der Waals surface area contributed by atoms with Gasteiger partial charge < -0.3 is 10.2 Å². The van der Waals surface area contributed by atoms with Gasteiger partial charge in [-0.15, -0.1) is 0 Å². The highest BCUT2D eigenvalue weighted by atomic mass is 35.5. The molecule has 4 rings (SSSR count). The molecular weight excluding hydrogens is 581 g/mol. The molecule has 3 aromatic rings. The average molecular weight is 617 g/mol. The van der Waals surface area contributed by atoms with Gasteiger partial charge in [0.25, 0.3) is 10.0 Å². The first-order chi connectivity index (χ1) is 19.6. The summed E-state index contributed by atoms with van der Waals surface area (Å²) in [5.74, 6) is -0.822. The van der Waals surface area contributed by atoms with E-state index in [1.165, 1.54) is 17.0 Å². The Morgan fingerprint density at radius 2 is 1.61 bits per heavy atom. The molecular formula is C31H35Cl2N3O4S. The Bertz CT molecular complexity index is 1480. The van der Waals surface area contributed by atoms with Crippen molar-refractivity contribution >= 4 is 50.7 Å². The van der Waals surface area contributed by atoms with Crippen LogP contribution in [0.4, 0.5) is 5.69 Å². The number of nitrogens with one attached hydrogen (secondary N) is 1. The normalized spacial score (nSPS) is 14.4. The topological polar surface area (TPSA) is 86.8 Å². The molecule has 3 aromatic carbocycles. The lowest BCUT2D eigenvalue weighted by atomic mass is 10.1. The Balaban J connectivity index is 1.72. The van der Waals surface area contributed by atoms with Gasteiger partial charge in [-0.05, 0) is 67.6 Å². The molecule has 1 saturated carbocycles. The number of aryl methyl sites for hydroxylation is 1. The Kier molecular flexibility index (Phi) is 10.3. The maximum atomic E-state index is 14.1. The summed E-state index contributed by atoms with van der Waals surface area (Å²) in [6, 6.07) is 19.3. The van der Waals surface area contributed by atoms with Crippen LogP contribution in [-0.4, -0.2) is 43.8 Å². The van der Waals surface area contributed by atoms with E-state index in [0.29, 0.717) is 27.7 Å². The first kappa shape index (κ1) is 30.9. The van der Waals surface area contributed by atoms with E-state index >= 15 is 0 Å². The van der Waals surface area contributed by atoms with Crippen molar-refractivity contribution in [2.75, 3.05) is 10.8 Å². The largest absolute Gasteiger partial charge is 0.352 e. The molecule has 41 heavy (non-hydrogen) atoms. The summed E-state index contributed by atoms with van der Waals surface area (Å²) in [5.41, 5.74) is 1.79. The highest BCUT2D eigenvalue weighted by Crippen LogP contribution is 2.29. The van der Waals surface area contributed by atoms with Gasteiger partial charge >= 0.3 is 0 Å². The number of rotatable bonds is 11. The number of nitrogens with zero attached hydrogens (tertiary/aromatic N) is 2.